The summed E-state index contributed by atoms with van der Waals surface area (Å²) in [5.41, 5.74) is 2.16. The van der Waals surface area contributed by atoms with Crippen molar-refractivity contribution in [3.63, 3.8) is 0 Å². The number of rotatable bonds is 2. The molecule has 1 aliphatic rings. The van der Waals surface area contributed by atoms with Crippen LogP contribution in [0.3, 0.4) is 0 Å². The molecule has 1 aromatic carbocycles. The first-order valence-corrected chi connectivity index (χ1v) is 7.52. The lowest BCUT2D eigenvalue weighted by Gasteiger charge is -2.32. The van der Waals surface area contributed by atoms with Gasteiger partial charge < -0.3 is 4.90 Å². The molecular weight excluding hydrogens is 302 g/mol. The summed E-state index contributed by atoms with van der Waals surface area (Å²) in [4.78, 5) is 14.3. The highest BCUT2D eigenvalue weighted by Crippen LogP contribution is 2.48. The first kappa shape index (κ1) is 14.6. The van der Waals surface area contributed by atoms with Gasteiger partial charge in [-0.1, -0.05) is 22.9 Å². The highest BCUT2D eigenvalue weighted by Gasteiger charge is 2.39. The Morgan fingerprint density at radius 3 is 2.32 bits per heavy atom. The van der Waals surface area contributed by atoms with Crippen LogP contribution in [0.15, 0.2) is 22.7 Å². The third-order valence-corrected chi connectivity index (χ3v) is 4.61. The fourth-order valence-corrected chi connectivity index (χ4v) is 2.53. The SMILES string of the molecule is CN(C(=O)c1cc(Br)cc(C2(C)CC2)c1)C(C)(C)C. The molecule has 0 saturated heterocycles. The first-order chi connectivity index (χ1) is 8.63. The highest BCUT2D eigenvalue weighted by molar-refractivity contribution is 9.10. The summed E-state index contributed by atoms with van der Waals surface area (Å²) in [5, 5.41) is 0. The van der Waals surface area contributed by atoms with E-state index < -0.39 is 0 Å². The minimum Gasteiger partial charge on any atom is -0.337 e. The van der Waals surface area contributed by atoms with Crippen LogP contribution in [-0.2, 0) is 5.41 Å². The fraction of sp³-hybridized carbons (Fsp3) is 0.562. The molecule has 1 aromatic rings. The molecule has 0 N–H and O–H groups in total. The van der Waals surface area contributed by atoms with Gasteiger partial charge in [-0.2, -0.15) is 0 Å². The Morgan fingerprint density at radius 1 is 1.26 bits per heavy atom. The Balaban J connectivity index is 2.35. The zero-order valence-electron chi connectivity index (χ0n) is 12.4. The van der Waals surface area contributed by atoms with Crippen LogP contribution in [0.25, 0.3) is 0 Å². The van der Waals surface area contributed by atoms with E-state index >= 15 is 0 Å². The topological polar surface area (TPSA) is 20.3 Å². The summed E-state index contributed by atoms with van der Waals surface area (Å²) < 4.78 is 0.990. The van der Waals surface area contributed by atoms with E-state index in [1.165, 1.54) is 18.4 Å². The number of hydrogen-bond acceptors (Lipinski definition) is 1. The number of halogens is 1. The van der Waals surface area contributed by atoms with Crippen LogP contribution in [0.2, 0.25) is 0 Å². The molecule has 0 bridgehead atoms. The molecule has 0 aromatic heterocycles. The van der Waals surface area contributed by atoms with E-state index in [0.29, 0.717) is 0 Å². The Labute approximate surface area is 124 Å². The van der Waals surface area contributed by atoms with Gasteiger partial charge in [0.2, 0.25) is 0 Å². The molecule has 1 fully saturated rings. The molecule has 19 heavy (non-hydrogen) atoms. The molecular formula is C16H22BrNO. The second kappa shape index (κ2) is 4.62. The van der Waals surface area contributed by atoms with Crippen LogP contribution < -0.4 is 0 Å². The van der Waals surface area contributed by atoms with Gasteiger partial charge in [-0.15, -0.1) is 0 Å². The van der Waals surface area contributed by atoms with Crippen LogP contribution in [-0.4, -0.2) is 23.4 Å². The molecule has 1 amide bonds. The van der Waals surface area contributed by atoms with Crippen LogP contribution in [0.4, 0.5) is 0 Å². The minimum absolute atomic E-state index is 0.0827. The van der Waals surface area contributed by atoms with Crippen molar-refractivity contribution >= 4 is 21.8 Å². The molecule has 0 radical (unpaired) electrons. The van der Waals surface area contributed by atoms with E-state index in [2.05, 4.69) is 35.0 Å². The third kappa shape index (κ3) is 3.02. The molecule has 3 heteroatoms. The van der Waals surface area contributed by atoms with Crippen molar-refractivity contribution in [1.29, 1.82) is 0 Å². The first-order valence-electron chi connectivity index (χ1n) is 6.73. The van der Waals surface area contributed by atoms with Gasteiger partial charge in [0, 0.05) is 22.6 Å². The Bertz CT molecular complexity index is 512. The van der Waals surface area contributed by atoms with Crippen molar-refractivity contribution in [2.24, 2.45) is 0 Å². The minimum atomic E-state index is -0.164. The van der Waals surface area contributed by atoms with Gasteiger partial charge in [-0.05, 0) is 62.8 Å². The lowest BCUT2D eigenvalue weighted by Crippen LogP contribution is -2.42. The number of benzene rings is 1. The van der Waals surface area contributed by atoms with Crippen molar-refractivity contribution in [3.8, 4) is 0 Å². The Hall–Kier alpha value is -0.830. The zero-order chi connectivity index (χ0) is 14.4. The van der Waals surface area contributed by atoms with Gasteiger partial charge in [0.1, 0.15) is 0 Å². The molecule has 2 nitrogen and oxygen atoms in total. The van der Waals surface area contributed by atoms with Crippen molar-refractivity contribution < 1.29 is 4.79 Å². The normalized spacial score (nSPS) is 17.2. The molecule has 0 heterocycles. The zero-order valence-corrected chi connectivity index (χ0v) is 14.0. The molecule has 0 spiro atoms. The second-order valence-corrected chi connectivity index (χ2v) is 7.74. The van der Waals surface area contributed by atoms with Crippen LogP contribution in [0.1, 0.15) is 56.5 Å². The molecule has 0 atom stereocenters. The summed E-state index contributed by atoms with van der Waals surface area (Å²) in [6.45, 7) is 8.40. The fourth-order valence-electron chi connectivity index (χ4n) is 2.04. The standard InChI is InChI=1S/C16H22BrNO/c1-15(2,3)18(5)14(19)11-8-12(10-13(17)9-11)16(4)6-7-16/h8-10H,6-7H2,1-5H3. The number of hydrogen-bond donors (Lipinski definition) is 0. The summed E-state index contributed by atoms with van der Waals surface area (Å²) in [6, 6.07) is 6.11. The molecule has 104 valence electrons. The maximum Gasteiger partial charge on any atom is 0.254 e. The van der Waals surface area contributed by atoms with E-state index in [-0.39, 0.29) is 16.9 Å². The molecule has 0 aliphatic heterocycles. The van der Waals surface area contributed by atoms with Crippen molar-refractivity contribution in [1.82, 2.24) is 4.90 Å². The Morgan fingerprint density at radius 2 is 1.84 bits per heavy atom. The largest absolute Gasteiger partial charge is 0.337 e. The van der Waals surface area contributed by atoms with Crippen LogP contribution in [0.5, 0.6) is 0 Å². The average Bonchev–Trinajstić information content (AvgIpc) is 3.05. The highest BCUT2D eigenvalue weighted by atomic mass is 79.9. The van der Waals surface area contributed by atoms with E-state index in [9.17, 15) is 4.79 Å². The second-order valence-electron chi connectivity index (χ2n) is 6.82. The summed E-state index contributed by atoms with van der Waals surface area (Å²) in [6.07, 6.45) is 2.43. The third-order valence-electron chi connectivity index (χ3n) is 4.15. The summed E-state index contributed by atoms with van der Waals surface area (Å²) >= 11 is 3.53. The summed E-state index contributed by atoms with van der Waals surface area (Å²) in [5.74, 6) is 0.0827. The maximum atomic E-state index is 12.5. The monoisotopic (exact) mass is 323 g/mol. The lowest BCUT2D eigenvalue weighted by atomic mass is 9.95. The lowest BCUT2D eigenvalue weighted by molar-refractivity contribution is 0.0655. The number of nitrogens with zero attached hydrogens (tertiary/aromatic N) is 1. The van der Waals surface area contributed by atoms with Crippen molar-refractivity contribution in [2.75, 3.05) is 7.05 Å². The average molecular weight is 324 g/mol. The van der Waals surface area contributed by atoms with Crippen LogP contribution >= 0.6 is 15.9 Å². The quantitative estimate of drug-likeness (QED) is 0.791. The van der Waals surface area contributed by atoms with Gasteiger partial charge in [0.25, 0.3) is 5.91 Å². The number of carbonyl (C=O) groups is 1. The van der Waals surface area contributed by atoms with Gasteiger partial charge in [0.05, 0.1) is 0 Å². The van der Waals surface area contributed by atoms with E-state index in [4.69, 9.17) is 0 Å². The van der Waals surface area contributed by atoms with Crippen LogP contribution in [0, 0.1) is 0 Å². The predicted octanol–water partition coefficient (Wildman–Crippen LogP) is 4.37. The number of carbonyl (C=O) groups excluding carboxylic acids is 1. The van der Waals surface area contributed by atoms with Gasteiger partial charge >= 0.3 is 0 Å². The molecule has 1 aliphatic carbocycles. The molecule has 1 saturated carbocycles. The predicted molar refractivity (Wildman–Crippen MR) is 82.6 cm³/mol. The van der Waals surface area contributed by atoms with Crippen molar-refractivity contribution in [3.05, 3.63) is 33.8 Å². The van der Waals surface area contributed by atoms with Crippen molar-refractivity contribution in [2.45, 2.75) is 51.5 Å². The molecule has 0 unspecified atom stereocenters. The van der Waals surface area contributed by atoms with Gasteiger partial charge in [0.15, 0.2) is 0 Å². The van der Waals surface area contributed by atoms with Gasteiger partial charge in [-0.25, -0.2) is 0 Å². The van der Waals surface area contributed by atoms with E-state index in [1.54, 1.807) is 4.90 Å². The maximum absolute atomic E-state index is 12.5. The Kier molecular flexibility index (Phi) is 3.54. The van der Waals surface area contributed by atoms with E-state index in [0.717, 1.165) is 10.0 Å². The molecule has 2 rings (SSSR count). The summed E-state index contributed by atoms with van der Waals surface area (Å²) in [7, 11) is 1.86. The van der Waals surface area contributed by atoms with E-state index in [1.807, 2.05) is 33.9 Å². The van der Waals surface area contributed by atoms with Gasteiger partial charge in [-0.3, -0.25) is 4.79 Å². The number of amides is 1. The smallest absolute Gasteiger partial charge is 0.254 e.